The van der Waals surface area contributed by atoms with E-state index < -0.39 is 0 Å². The second kappa shape index (κ2) is 7.35. The topological polar surface area (TPSA) is 54.6 Å². The zero-order chi connectivity index (χ0) is 18.8. The quantitative estimate of drug-likeness (QED) is 0.751. The highest BCUT2D eigenvalue weighted by Crippen LogP contribution is 2.33. The maximum absolute atomic E-state index is 12.8. The Balaban J connectivity index is 1.46. The molecule has 5 nitrogen and oxygen atoms in total. The number of aromatic nitrogens is 1. The molecule has 2 aromatic carbocycles. The molecule has 1 aliphatic heterocycles. The first-order valence-corrected chi connectivity index (χ1v) is 9.26. The van der Waals surface area contributed by atoms with Crippen molar-refractivity contribution in [3.05, 3.63) is 59.3 Å². The van der Waals surface area contributed by atoms with Gasteiger partial charge in [0.05, 0.1) is 19.7 Å². The number of fused-ring (bicyclic) bond motifs is 3. The van der Waals surface area contributed by atoms with Gasteiger partial charge < -0.3 is 19.4 Å². The first-order chi connectivity index (χ1) is 13.2. The molecule has 0 unspecified atom stereocenters. The highest BCUT2D eigenvalue weighted by Gasteiger charge is 2.24. The number of nitrogens with zero attached hydrogens (tertiary/aromatic N) is 1. The van der Waals surface area contributed by atoms with Crippen LogP contribution >= 0.6 is 0 Å². The predicted molar refractivity (Wildman–Crippen MR) is 105 cm³/mol. The van der Waals surface area contributed by atoms with E-state index in [1.807, 2.05) is 41.3 Å². The molecular formula is C22H24N2O3. The SMILES string of the molecule is COc1ccc(CCC(=O)N2CCc3[nH]c4c(OC)cccc4c3C2)cc1. The molecule has 0 atom stereocenters. The van der Waals surface area contributed by atoms with E-state index in [9.17, 15) is 4.79 Å². The van der Waals surface area contributed by atoms with Crippen molar-refractivity contribution in [2.24, 2.45) is 0 Å². The third-order valence-electron chi connectivity index (χ3n) is 5.33. The Labute approximate surface area is 158 Å². The Morgan fingerprint density at radius 1 is 1.11 bits per heavy atom. The second-order valence-corrected chi connectivity index (χ2v) is 6.88. The van der Waals surface area contributed by atoms with E-state index >= 15 is 0 Å². The van der Waals surface area contributed by atoms with Gasteiger partial charge in [0.1, 0.15) is 11.5 Å². The molecular weight excluding hydrogens is 340 g/mol. The summed E-state index contributed by atoms with van der Waals surface area (Å²) in [7, 11) is 3.34. The lowest BCUT2D eigenvalue weighted by Gasteiger charge is -2.27. The minimum Gasteiger partial charge on any atom is -0.497 e. The van der Waals surface area contributed by atoms with Crippen molar-refractivity contribution < 1.29 is 14.3 Å². The van der Waals surface area contributed by atoms with Crippen LogP contribution < -0.4 is 9.47 Å². The number of carbonyl (C=O) groups excluding carboxylic acids is 1. The van der Waals surface area contributed by atoms with Crippen molar-refractivity contribution in [1.82, 2.24) is 9.88 Å². The highest BCUT2D eigenvalue weighted by molar-refractivity contribution is 5.90. The Morgan fingerprint density at radius 2 is 1.93 bits per heavy atom. The summed E-state index contributed by atoms with van der Waals surface area (Å²) in [5.74, 6) is 1.89. The van der Waals surface area contributed by atoms with Gasteiger partial charge in [0.15, 0.2) is 0 Å². The molecule has 1 aromatic heterocycles. The minimum atomic E-state index is 0.203. The van der Waals surface area contributed by atoms with Crippen molar-refractivity contribution in [2.75, 3.05) is 20.8 Å². The molecule has 3 aromatic rings. The average Bonchev–Trinajstić information content (AvgIpc) is 3.10. The van der Waals surface area contributed by atoms with Gasteiger partial charge in [-0.25, -0.2) is 0 Å². The smallest absolute Gasteiger partial charge is 0.223 e. The molecule has 1 amide bonds. The normalized spacial score (nSPS) is 13.5. The lowest BCUT2D eigenvalue weighted by Crippen LogP contribution is -2.35. The molecule has 2 heterocycles. The zero-order valence-corrected chi connectivity index (χ0v) is 15.7. The molecule has 0 aliphatic carbocycles. The van der Waals surface area contributed by atoms with E-state index in [-0.39, 0.29) is 5.91 Å². The predicted octanol–water partition coefficient (Wildman–Crippen LogP) is 3.70. The van der Waals surface area contributed by atoms with E-state index in [0.29, 0.717) is 13.0 Å². The molecule has 0 fully saturated rings. The summed E-state index contributed by atoms with van der Waals surface area (Å²) in [6, 6.07) is 14.0. The molecule has 5 heteroatoms. The fraction of sp³-hybridized carbons (Fsp3) is 0.318. The van der Waals surface area contributed by atoms with Crippen molar-refractivity contribution in [3.8, 4) is 11.5 Å². The number of aromatic amines is 1. The lowest BCUT2D eigenvalue weighted by atomic mass is 10.0. The van der Waals surface area contributed by atoms with E-state index in [1.54, 1.807) is 14.2 Å². The van der Waals surface area contributed by atoms with Crippen molar-refractivity contribution in [2.45, 2.75) is 25.8 Å². The monoisotopic (exact) mass is 364 g/mol. The molecule has 0 spiro atoms. The lowest BCUT2D eigenvalue weighted by molar-refractivity contribution is -0.132. The molecule has 140 valence electrons. The number of hydrogen-bond acceptors (Lipinski definition) is 3. The van der Waals surface area contributed by atoms with Crippen LogP contribution in [0.2, 0.25) is 0 Å². The van der Waals surface area contributed by atoms with Crippen LogP contribution in [0.15, 0.2) is 42.5 Å². The molecule has 0 bridgehead atoms. The van der Waals surface area contributed by atoms with Gasteiger partial charge >= 0.3 is 0 Å². The average molecular weight is 364 g/mol. The summed E-state index contributed by atoms with van der Waals surface area (Å²) in [5.41, 5.74) is 4.61. The molecule has 27 heavy (non-hydrogen) atoms. The number of methoxy groups -OCH3 is 2. The number of aryl methyl sites for hydroxylation is 1. The number of nitrogens with one attached hydrogen (secondary N) is 1. The summed E-state index contributed by atoms with van der Waals surface area (Å²) in [6.07, 6.45) is 2.11. The van der Waals surface area contributed by atoms with E-state index in [4.69, 9.17) is 9.47 Å². The van der Waals surface area contributed by atoms with Gasteiger partial charge in [0, 0.05) is 42.6 Å². The molecule has 4 rings (SSSR count). The number of ether oxygens (including phenoxy) is 2. The zero-order valence-electron chi connectivity index (χ0n) is 15.7. The fourth-order valence-electron chi connectivity index (χ4n) is 3.80. The van der Waals surface area contributed by atoms with Crippen LogP contribution in [-0.2, 0) is 24.2 Å². The Kier molecular flexibility index (Phi) is 4.75. The molecule has 0 saturated carbocycles. The fourth-order valence-corrected chi connectivity index (χ4v) is 3.80. The van der Waals surface area contributed by atoms with Gasteiger partial charge in [-0.05, 0) is 30.2 Å². The molecule has 0 radical (unpaired) electrons. The molecule has 1 N–H and O–H groups in total. The summed E-state index contributed by atoms with van der Waals surface area (Å²) in [4.78, 5) is 18.2. The first-order valence-electron chi connectivity index (χ1n) is 9.26. The maximum Gasteiger partial charge on any atom is 0.223 e. The summed E-state index contributed by atoms with van der Waals surface area (Å²) in [5, 5.41) is 1.15. The van der Waals surface area contributed by atoms with Crippen molar-refractivity contribution >= 4 is 16.8 Å². The summed E-state index contributed by atoms with van der Waals surface area (Å²) < 4.78 is 10.6. The number of carbonyl (C=O) groups is 1. The largest absolute Gasteiger partial charge is 0.497 e. The summed E-state index contributed by atoms with van der Waals surface area (Å²) in [6.45, 7) is 1.41. The van der Waals surface area contributed by atoms with E-state index in [0.717, 1.165) is 47.4 Å². The van der Waals surface area contributed by atoms with Crippen molar-refractivity contribution in [3.63, 3.8) is 0 Å². The first kappa shape index (κ1) is 17.5. The Hall–Kier alpha value is -2.95. The molecule has 0 saturated heterocycles. The standard InChI is InChI=1S/C22H24N2O3/c1-26-16-9-6-15(7-10-16)8-11-21(25)24-13-12-19-18(14-24)17-4-3-5-20(27-2)22(17)23-19/h3-7,9-10,23H,8,11-14H2,1-2H3. The van der Waals surface area contributed by atoms with Crippen molar-refractivity contribution in [1.29, 1.82) is 0 Å². The third-order valence-corrected chi connectivity index (χ3v) is 5.33. The van der Waals surface area contributed by atoms with E-state index in [2.05, 4.69) is 11.1 Å². The number of hydrogen-bond donors (Lipinski definition) is 1. The third kappa shape index (κ3) is 3.37. The van der Waals surface area contributed by atoms with Crippen LogP contribution in [0.3, 0.4) is 0 Å². The minimum absolute atomic E-state index is 0.203. The number of para-hydroxylation sites is 1. The number of rotatable bonds is 5. The Morgan fingerprint density at radius 3 is 2.67 bits per heavy atom. The Bertz CT molecular complexity index is 960. The van der Waals surface area contributed by atoms with Crippen LogP contribution in [0.25, 0.3) is 10.9 Å². The number of amides is 1. The maximum atomic E-state index is 12.8. The van der Waals surface area contributed by atoms with Crippen LogP contribution in [0.5, 0.6) is 11.5 Å². The summed E-state index contributed by atoms with van der Waals surface area (Å²) >= 11 is 0. The molecule has 1 aliphatic rings. The highest BCUT2D eigenvalue weighted by atomic mass is 16.5. The van der Waals surface area contributed by atoms with Gasteiger partial charge in [-0.3, -0.25) is 4.79 Å². The van der Waals surface area contributed by atoms with Crippen LogP contribution in [0.4, 0.5) is 0 Å². The van der Waals surface area contributed by atoms with Gasteiger partial charge in [-0.15, -0.1) is 0 Å². The van der Waals surface area contributed by atoms with E-state index in [1.165, 1.54) is 11.3 Å². The van der Waals surface area contributed by atoms with Crippen LogP contribution in [0.1, 0.15) is 23.2 Å². The second-order valence-electron chi connectivity index (χ2n) is 6.88. The van der Waals surface area contributed by atoms with Gasteiger partial charge in [0.25, 0.3) is 0 Å². The number of H-pyrrole nitrogens is 1. The van der Waals surface area contributed by atoms with Gasteiger partial charge in [0.2, 0.25) is 5.91 Å². The van der Waals surface area contributed by atoms with Gasteiger partial charge in [-0.2, -0.15) is 0 Å². The van der Waals surface area contributed by atoms with Crippen LogP contribution in [0, 0.1) is 0 Å². The number of benzene rings is 2. The van der Waals surface area contributed by atoms with Gasteiger partial charge in [-0.1, -0.05) is 24.3 Å². The van der Waals surface area contributed by atoms with Crippen LogP contribution in [-0.4, -0.2) is 36.6 Å².